The number of carbonyl (C=O) groups is 1. The second-order valence-electron chi connectivity index (χ2n) is 5.83. The first-order chi connectivity index (χ1) is 10.6. The average molecular weight is 299 g/mol. The van der Waals surface area contributed by atoms with Crippen LogP contribution in [0.15, 0.2) is 33.8 Å². The molecule has 6 nitrogen and oxygen atoms in total. The lowest BCUT2D eigenvalue weighted by Crippen LogP contribution is -2.36. The molecular formula is C16H17N3O3. The van der Waals surface area contributed by atoms with Crippen molar-refractivity contribution in [3.8, 4) is 0 Å². The molecule has 1 aromatic carbocycles. The Morgan fingerprint density at radius 3 is 2.82 bits per heavy atom. The number of rotatable bonds is 2. The number of amides is 1. The number of hydrogen-bond acceptors (Lipinski definition) is 5. The molecule has 1 amide bonds. The minimum Gasteiger partial charge on any atom is -0.441 e. The molecular weight excluding hydrogens is 282 g/mol. The van der Waals surface area contributed by atoms with E-state index in [4.69, 9.17) is 4.42 Å². The van der Waals surface area contributed by atoms with E-state index in [1.807, 2.05) is 0 Å². The van der Waals surface area contributed by atoms with Crippen molar-refractivity contribution in [2.45, 2.75) is 13.0 Å². The van der Waals surface area contributed by atoms with Gasteiger partial charge in [0.25, 0.3) is 5.91 Å². The summed E-state index contributed by atoms with van der Waals surface area (Å²) in [5.74, 6) is 0.248. The largest absolute Gasteiger partial charge is 0.441 e. The number of carbonyl (C=O) groups excluding carboxylic acids is 1. The monoisotopic (exact) mass is 299 g/mol. The van der Waals surface area contributed by atoms with Gasteiger partial charge in [0, 0.05) is 38.7 Å². The summed E-state index contributed by atoms with van der Waals surface area (Å²) in [7, 11) is 0. The third kappa shape index (κ3) is 2.03. The van der Waals surface area contributed by atoms with E-state index in [2.05, 4.69) is 10.3 Å². The number of aliphatic hydroxyl groups is 1. The van der Waals surface area contributed by atoms with E-state index in [0.717, 1.165) is 13.1 Å². The van der Waals surface area contributed by atoms with Gasteiger partial charge in [0.15, 0.2) is 17.6 Å². The summed E-state index contributed by atoms with van der Waals surface area (Å²) in [5.41, 5.74) is 4.20. The van der Waals surface area contributed by atoms with Crippen LogP contribution in [0.1, 0.15) is 17.6 Å². The van der Waals surface area contributed by atoms with Gasteiger partial charge in [-0.1, -0.05) is 12.1 Å². The van der Waals surface area contributed by atoms with Crippen molar-refractivity contribution in [1.82, 2.24) is 15.2 Å². The Balaban J connectivity index is 1.60. The molecule has 2 aromatic rings. The highest BCUT2D eigenvalue weighted by Crippen LogP contribution is 2.28. The molecule has 1 atom stereocenters. The first-order valence-corrected chi connectivity index (χ1v) is 7.37. The quantitative estimate of drug-likeness (QED) is 0.806. The van der Waals surface area contributed by atoms with Gasteiger partial charge in [0.05, 0.1) is 0 Å². The van der Waals surface area contributed by atoms with Gasteiger partial charge in [-0.15, -0.1) is 0 Å². The Labute approximate surface area is 127 Å². The number of aliphatic hydroxyl groups excluding tert-OH is 1. The number of para-hydroxylation sites is 1. The smallest absolute Gasteiger partial charge is 0.256 e. The molecule has 0 radical (unpaired) electrons. The summed E-state index contributed by atoms with van der Waals surface area (Å²) in [6.45, 7) is 4.64. The molecule has 2 aliphatic rings. The van der Waals surface area contributed by atoms with Crippen LogP contribution in [0.2, 0.25) is 0 Å². The third-order valence-electron chi connectivity index (χ3n) is 4.34. The summed E-state index contributed by atoms with van der Waals surface area (Å²) < 4.78 is 5.46. The summed E-state index contributed by atoms with van der Waals surface area (Å²) >= 11 is 0. The first-order valence-electron chi connectivity index (χ1n) is 7.37. The SMILES string of the molecule is Cc1nc2c([C@@H](O)C(=O)N3CC4=C(CNC4)C3)cccc2o1. The molecule has 0 fully saturated rings. The number of nitrogens with zero attached hydrogens (tertiary/aromatic N) is 2. The van der Waals surface area contributed by atoms with E-state index in [1.54, 1.807) is 30.0 Å². The molecule has 0 saturated heterocycles. The molecule has 0 aliphatic carbocycles. The highest BCUT2D eigenvalue weighted by Gasteiger charge is 2.33. The minimum atomic E-state index is -1.21. The van der Waals surface area contributed by atoms with E-state index in [-0.39, 0.29) is 5.91 Å². The van der Waals surface area contributed by atoms with Crippen LogP contribution in [0, 0.1) is 6.92 Å². The Hall–Kier alpha value is -2.18. The molecule has 0 spiro atoms. The molecule has 1 aromatic heterocycles. The van der Waals surface area contributed by atoms with Crippen molar-refractivity contribution in [1.29, 1.82) is 0 Å². The fraction of sp³-hybridized carbons (Fsp3) is 0.375. The number of aromatic nitrogens is 1. The molecule has 0 unspecified atom stereocenters. The van der Waals surface area contributed by atoms with Crippen LogP contribution in [0.4, 0.5) is 0 Å². The lowest BCUT2D eigenvalue weighted by molar-refractivity contribution is -0.139. The number of oxazole rings is 1. The van der Waals surface area contributed by atoms with Crippen molar-refractivity contribution >= 4 is 17.0 Å². The van der Waals surface area contributed by atoms with Crippen LogP contribution >= 0.6 is 0 Å². The van der Waals surface area contributed by atoms with Gasteiger partial charge in [-0.05, 0) is 17.2 Å². The maximum Gasteiger partial charge on any atom is 0.256 e. The molecule has 4 rings (SSSR count). The molecule has 0 bridgehead atoms. The second-order valence-corrected chi connectivity index (χ2v) is 5.83. The highest BCUT2D eigenvalue weighted by molar-refractivity contribution is 5.88. The topological polar surface area (TPSA) is 78.6 Å². The average Bonchev–Trinajstić information content (AvgIpc) is 3.17. The number of fused-ring (bicyclic) bond motifs is 1. The summed E-state index contributed by atoms with van der Waals surface area (Å²) in [6, 6.07) is 5.28. The van der Waals surface area contributed by atoms with Crippen molar-refractivity contribution < 1.29 is 14.3 Å². The van der Waals surface area contributed by atoms with Crippen LogP contribution in [0.5, 0.6) is 0 Å². The van der Waals surface area contributed by atoms with E-state index in [0.29, 0.717) is 35.6 Å². The van der Waals surface area contributed by atoms with Gasteiger partial charge < -0.3 is 19.7 Å². The van der Waals surface area contributed by atoms with Crippen LogP contribution in [-0.2, 0) is 4.79 Å². The molecule has 6 heteroatoms. The Morgan fingerprint density at radius 1 is 1.36 bits per heavy atom. The van der Waals surface area contributed by atoms with Gasteiger partial charge in [-0.3, -0.25) is 4.79 Å². The van der Waals surface area contributed by atoms with Crippen molar-refractivity contribution in [3.63, 3.8) is 0 Å². The molecule has 3 heterocycles. The number of benzene rings is 1. The minimum absolute atomic E-state index is 0.275. The lowest BCUT2D eigenvalue weighted by Gasteiger charge is -2.22. The van der Waals surface area contributed by atoms with E-state index in [1.165, 1.54) is 11.1 Å². The summed E-state index contributed by atoms with van der Waals surface area (Å²) in [6.07, 6.45) is -1.21. The van der Waals surface area contributed by atoms with Crippen LogP contribution in [0.25, 0.3) is 11.1 Å². The second kappa shape index (κ2) is 4.93. The van der Waals surface area contributed by atoms with Gasteiger partial charge in [-0.25, -0.2) is 4.98 Å². The molecule has 114 valence electrons. The fourth-order valence-corrected chi connectivity index (χ4v) is 3.23. The number of nitrogens with one attached hydrogen (secondary N) is 1. The highest BCUT2D eigenvalue weighted by atomic mass is 16.3. The fourth-order valence-electron chi connectivity index (χ4n) is 3.23. The zero-order chi connectivity index (χ0) is 15.3. The van der Waals surface area contributed by atoms with Crippen molar-refractivity contribution in [2.75, 3.05) is 26.2 Å². The Bertz CT molecular complexity index is 777. The Morgan fingerprint density at radius 2 is 2.09 bits per heavy atom. The van der Waals surface area contributed by atoms with Gasteiger partial charge in [0.2, 0.25) is 0 Å². The summed E-state index contributed by atoms with van der Waals surface area (Å²) in [4.78, 5) is 18.6. The predicted molar refractivity (Wildman–Crippen MR) is 80.2 cm³/mol. The maximum absolute atomic E-state index is 12.6. The van der Waals surface area contributed by atoms with Crippen molar-refractivity contribution in [2.24, 2.45) is 0 Å². The third-order valence-corrected chi connectivity index (χ3v) is 4.34. The van der Waals surface area contributed by atoms with E-state index in [9.17, 15) is 9.90 Å². The maximum atomic E-state index is 12.6. The number of hydrogen-bond donors (Lipinski definition) is 2. The molecule has 0 saturated carbocycles. The first kappa shape index (κ1) is 13.5. The zero-order valence-electron chi connectivity index (χ0n) is 12.3. The molecule has 2 aliphatic heterocycles. The normalized spacial score (nSPS) is 19.1. The standard InChI is InChI=1S/C16H17N3O3/c1-9-18-14-12(3-2-4-13(14)22-9)15(20)16(21)19-7-10-5-17-6-11(10)8-19/h2-4,15,17,20H,5-8H2,1H3/t15-/m1/s1. The summed E-state index contributed by atoms with van der Waals surface area (Å²) in [5, 5.41) is 13.8. The van der Waals surface area contributed by atoms with E-state index < -0.39 is 6.10 Å². The lowest BCUT2D eigenvalue weighted by atomic mass is 10.1. The van der Waals surface area contributed by atoms with Crippen molar-refractivity contribution in [3.05, 3.63) is 40.8 Å². The van der Waals surface area contributed by atoms with Crippen LogP contribution in [-0.4, -0.2) is 47.1 Å². The van der Waals surface area contributed by atoms with Gasteiger partial charge >= 0.3 is 0 Å². The van der Waals surface area contributed by atoms with Crippen LogP contribution < -0.4 is 5.32 Å². The predicted octanol–water partition coefficient (Wildman–Crippen LogP) is 0.912. The zero-order valence-corrected chi connectivity index (χ0v) is 12.3. The molecule has 22 heavy (non-hydrogen) atoms. The molecule has 2 N–H and O–H groups in total. The van der Waals surface area contributed by atoms with Gasteiger partial charge in [0.1, 0.15) is 5.52 Å². The van der Waals surface area contributed by atoms with E-state index >= 15 is 0 Å². The van der Waals surface area contributed by atoms with Crippen LogP contribution in [0.3, 0.4) is 0 Å². The van der Waals surface area contributed by atoms with Gasteiger partial charge in [-0.2, -0.15) is 0 Å². The number of aryl methyl sites for hydroxylation is 1. The Kier molecular flexibility index (Phi) is 3.02.